The van der Waals surface area contributed by atoms with Crippen LogP contribution in [-0.4, -0.2) is 62.6 Å². The molecular formula is C22H22ClN5O2. The largest absolute Gasteiger partial charge is 0.335 e. The van der Waals surface area contributed by atoms with Crippen molar-refractivity contribution < 1.29 is 9.59 Å². The molecule has 0 N–H and O–H groups in total. The standard InChI is InChI=1S/C22H22ClN5O2/c1-15-14-16(2)28(25-15)19-9-8-18(23)20(24-19)22(30)27-12-10-26(11-13-27)21(29)17-6-4-3-5-7-17/h3-9,14H,10-13H2,1-2H3. The second-order valence-electron chi connectivity index (χ2n) is 7.29. The third kappa shape index (κ3) is 3.93. The molecule has 3 aromatic rings. The number of piperazine rings is 1. The van der Waals surface area contributed by atoms with E-state index in [1.165, 1.54) is 0 Å². The number of pyridine rings is 1. The molecule has 2 aromatic heterocycles. The highest BCUT2D eigenvalue weighted by Gasteiger charge is 2.27. The number of halogens is 1. The molecule has 1 aromatic carbocycles. The summed E-state index contributed by atoms with van der Waals surface area (Å²) in [5.74, 6) is 0.284. The molecule has 4 rings (SSSR count). The summed E-state index contributed by atoms with van der Waals surface area (Å²) in [5.41, 5.74) is 2.65. The molecule has 154 valence electrons. The van der Waals surface area contributed by atoms with Crippen molar-refractivity contribution >= 4 is 23.4 Å². The van der Waals surface area contributed by atoms with Crippen LogP contribution < -0.4 is 0 Å². The lowest BCUT2D eigenvalue weighted by molar-refractivity contribution is 0.0532. The minimum atomic E-state index is -0.241. The highest BCUT2D eigenvalue weighted by atomic mass is 35.5. The van der Waals surface area contributed by atoms with Gasteiger partial charge in [0, 0.05) is 37.4 Å². The molecule has 0 aliphatic carbocycles. The number of aryl methyl sites for hydroxylation is 2. The molecule has 1 aliphatic heterocycles. The number of benzene rings is 1. The molecule has 0 bridgehead atoms. The number of rotatable bonds is 3. The van der Waals surface area contributed by atoms with Gasteiger partial charge in [-0.15, -0.1) is 0 Å². The Morgan fingerprint density at radius 3 is 2.13 bits per heavy atom. The quantitative estimate of drug-likeness (QED) is 0.648. The van der Waals surface area contributed by atoms with Gasteiger partial charge in [-0.3, -0.25) is 9.59 Å². The van der Waals surface area contributed by atoms with Crippen LogP contribution in [0.5, 0.6) is 0 Å². The Morgan fingerprint density at radius 1 is 0.900 bits per heavy atom. The predicted octanol–water partition coefficient (Wildman–Crippen LogP) is 3.14. The number of carbonyl (C=O) groups is 2. The van der Waals surface area contributed by atoms with E-state index in [0.717, 1.165) is 11.4 Å². The maximum atomic E-state index is 13.1. The van der Waals surface area contributed by atoms with Crippen LogP contribution in [0.2, 0.25) is 5.02 Å². The van der Waals surface area contributed by atoms with E-state index in [2.05, 4.69) is 10.1 Å². The van der Waals surface area contributed by atoms with Crippen molar-refractivity contribution in [2.45, 2.75) is 13.8 Å². The molecule has 0 spiro atoms. The van der Waals surface area contributed by atoms with E-state index < -0.39 is 0 Å². The lowest BCUT2D eigenvalue weighted by Crippen LogP contribution is -2.50. The van der Waals surface area contributed by atoms with Crippen LogP contribution in [0.4, 0.5) is 0 Å². The van der Waals surface area contributed by atoms with E-state index in [9.17, 15) is 9.59 Å². The van der Waals surface area contributed by atoms with Crippen molar-refractivity contribution in [2.75, 3.05) is 26.2 Å². The van der Waals surface area contributed by atoms with E-state index in [1.54, 1.807) is 38.7 Å². The van der Waals surface area contributed by atoms with Gasteiger partial charge in [0.25, 0.3) is 11.8 Å². The number of carbonyl (C=O) groups excluding carboxylic acids is 2. The maximum Gasteiger partial charge on any atom is 0.274 e. The number of amides is 2. The first kappa shape index (κ1) is 20.1. The lowest BCUT2D eigenvalue weighted by atomic mass is 10.2. The minimum absolute atomic E-state index is 0.0228. The molecule has 8 heteroatoms. The number of hydrogen-bond donors (Lipinski definition) is 0. The van der Waals surface area contributed by atoms with Gasteiger partial charge in [-0.05, 0) is 44.2 Å². The third-order valence-corrected chi connectivity index (χ3v) is 5.44. The highest BCUT2D eigenvalue weighted by Crippen LogP contribution is 2.20. The molecule has 1 saturated heterocycles. The van der Waals surface area contributed by atoms with E-state index in [1.807, 2.05) is 38.1 Å². The molecule has 7 nitrogen and oxygen atoms in total. The first-order valence-electron chi connectivity index (χ1n) is 9.78. The monoisotopic (exact) mass is 423 g/mol. The van der Waals surface area contributed by atoms with E-state index in [0.29, 0.717) is 42.6 Å². The fraction of sp³-hybridized carbons (Fsp3) is 0.273. The molecule has 0 unspecified atom stereocenters. The van der Waals surface area contributed by atoms with Crippen LogP contribution in [0.25, 0.3) is 5.82 Å². The fourth-order valence-corrected chi connectivity index (χ4v) is 3.77. The van der Waals surface area contributed by atoms with Crippen molar-refractivity contribution in [2.24, 2.45) is 0 Å². The fourth-order valence-electron chi connectivity index (χ4n) is 3.59. The van der Waals surface area contributed by atoms with Gasteiger partial charge in [0.2, 0.25) is 0 Å². The first-order chi connectivity index (χ1) is 14.4. The van der Waals surface area contributed by atoms with Gasteiger partial charge in [0.15, 0.2) is 5.82 Å². The maximum absolute atomic E-state index is 13.1. The normalized spacial score (nSPS) is 14.1. The van der Waals surface area contributed by atoms with E-state index in [-0.39, 0.29) is 17.5 Å². The highest BCUT2D eigenvalue weighted by molar-refractivity contribution is 6.33. The zero-order valence-corrected chi connectivity index (χ0v) is 17.6. The second kappa shape index (κ2) is 8.28. The smallest absolute Gasteiger partial charge is 0.274 e. The van der Waals surface area contributed by atoms with Crippen molar-refractivity contribution in [1.29, 1.82) is 0 Å². The summed E-state index contributed by atoms with van der Waals surface area (Å²) in [6.45, 7) is 5.63. The average molecular weight is 424 g/mol. The molecule has 0 radical (unpaired) electrons. The predicted molar refractivity (Wildman–Crippen MR) is 114 cm³/mol. The minimum Gasteiger partial charge on any atom is -0.335 e. The summed E-state index contributed by atoms with van der Waals surface area (Å²) in [6, 6.07) is 14.5. The Balaban J connectivity index is 1.49. The van der Waals surface area contributed by atoms with Crippen LogP contribution in [0.1, 0.15) is 32.2 Å². The van der Waals surface area contributed by atoms with Gasteiger partial charge in [-0.25, -0.2) is 9.67 Å². The Bertz CT molecular complexity index is 1090. The molecule has 0 saturated carbocycles. The van der Waals surface area contributed by atoms with E-state index >= 15 is 0 Å². The van der Waals surface area contributed by atoms with Gasteiger partial charge in [-0.2, -0.15) is 5.10 Å². The van der Waals surface area contributed by atoms with Gasteiger partial charge >= 0.3 is 0 Å². The number of hydrogen-bond acceptors (Lipinski definition) is 4. The Morgan fingerprint density at radius 2 is 1.53 bits per heavy atom. The molecule has 3 heterocycles. The summed E-state index contributed by atoms with van der Waals surface area (Å²) >= 11 is 6.30. The number of aromatic nitrogens is 3. The van der Waals surface area contributed by atoms with E-state index in [4.69, 9.17) is 11.6 Å². The van der Waals surface area contributed by atoms with Gasteiger partial charge in [0.05, 0.1) is 10.7 Å². The van der Waals surface area contributed by atoms with Gasteiger partial charge in [0.1, 0.15) is 5.69 Å². The molecule has 1 fully saturated rings. The zero-order valence-electron chi connectivity index (χ0n) is 16.9. The zero-order chi connectivity index (χ0) is 21.3. The van der Waals surface area contributed by atoms with Crippen molar-refractivity contribution in [3.8, 4) is 5.82 Å². The topological polar surface area (TPSA) is 71.3 Å². The van der Waals surface area contributed by atoms with Gasteiger partial charge < -0.3 is 9.80 Å². The molecular weight excluding hydrogens is 402 g/mol. The van der Waals surface area contributed by atoms with Gasteiger partial charge in [-0.1, -0.05) is 29.8 Å². The second-order valence-corrected chi connectivity index (χ2v) is 7.70. The molecule has 2 amide bonds. The number of nitrogens with zero attached hydrogens (tertiary/aromatic N) is 5. The summed E-state index contributed by atoms with van der Waals surface area (Å²) in [7, 11) is 0. The summed E-state index contributed by atoms with van der Waals surface area (Å²) in [4.78, 5) is 33.6. The first-order valence-corrected chi connectivity index (χ1v) is 10.2. The lowest BCUT2D eigenvalue weighted by Gasteiger charge is -2.34. The van der Waals surface area contributed by atoms with Crippen LogP contribution in [0.3, 0.4) is 0 Å². The SMILES string of the molecule is Cc1cc(C)n(-c2ccc(Cl)c(C(=O)N3CCN(C(=O)c4ccccc4)CC3)n2)n1. The summed E-state index contributed by atoms with van der Waals surface area (Å²) < 4.78 is 1.69. The van der Waals surface area contributed by atoms with Crippen molar-refractivity contribution in [3.63, 3.8) is 0 Å². The van der Waals surface area contributed by atoms with Crippen LogP contribution in [0.15, 0.2) is 48.5 Å². The van der Waals surface area contributed by atoms with Crippen molar-refractivity contribution in [1.82, 2.24) is 24.6 Å². The Labute approximate surface area is 179 Å². The van der Waals surface area contributed by atoms with Crippen LogP contribution in [0, 0.1) is 13.8 Å². The van der Waals surface area contributed by atoms with Crippen LogP contribution >= 0.6 is 11.6 Å². The molecule has 1 aliphatic rings. The third-order valence-electron chi connectivity index (χ3n) is 5.14. The average Bonchev–Trinajstić information content (AvgIpc) is 3.11. The summed E-state index contributed by atoms with van der Waals surface area (Å²) in [6.07, 6.45) is 0. The summed E-state index contributed by atoms with van der Waals surface area (Å²) in [5, 5.41) is 4.72. The Hall–Kier alpha value is -3.19. The molecule has 30 heavy (non-hydrogen) atoms. The molecule has 0 atom stereocenters. The Kier molecular flexibility index (Phi) is 5.55. The van der Waals surface area contributed by atoms with Crippen molar-refractivity contribution in [3.05, 3.63) is 76.2 Å². The van der Waals surface area contributed by atoms with Crippen LogP contribution in [-0.2, 0) is 0 Å².